The lowest BCUT2D eigenvalue weighted by atomic mass is 9.43. The van der Waals surface area contributed by atoms with Gasteiger partial charge in [0.25, 0.3) is 0 Å². The summed E-state index contributed by atoms with van der Waals surface area (Å²) in [6.45, 7) is 16.2. The summed E-state index contributed by atoms with van der Waals surface area (Å²) < 4.78 is 20.5. The standard InChI is InChI=1S/C47H90N4O4S/c1-5-6-7-8-9-12-27-51(44(52)19-11-10-13-32-56)28-14-18-36(2)39-20-21-40-45-41(35-43(47(39,40)4)55-31-17-26-50)46(3)23-22-38(53-29-15-24-48)33-37(46)34-42(45)54-30-16-25-49/h36-43,45,56H,5-35,48-50H2,1-4H3/t36-,37?,38-,39-,40+,41+,42-,43+,45?,46?,47?/m1/s1. The SMILES string of the molecule is CCCCCCCCN(CCC[C@@H](C)[C@H]1CC[C@H]2C3[C@H](OCCCN)CC4C[C@H](OCCCN)CCC4(C)[C@H]3C[C@H](OCCCN)C12C)C(=O)CCCCCS. The van der Waals surface area contributed by atoms with Crippen molar-refractivity contribution in [1.82, 2.24) is 4.90 Å². The van der Waals surface area contributed by atoms with Gasteiger partial charge in [-0.15, -0.1) is 0 Å². The molecular formula is C47H90N4O4S. The van der Waals surface area contributed by atoms with Crippen LogP contribution in [0.1, 0.15) is 169 Å². The van der Waals surface area contributed by atoms with Crippen LogP contribution in [0.3, 0.4) is 0 Å². The monoisotopic (exact) mass is 807 g/mol. The van der Waals surface area contributed by atoms with E-state index in [1.165, 1.54) is 51.4 Å². The summed E-state index contributed by atoms with van der Waals surface area (Å²) in [5.74, 6) is 4.76. The molecule has 0 bridgehead atoms. The summed E-state index contributed by atoms with van der Waals surface area (Å²) >= 11 is 4.39. The van der Waals surface area contributed by atoms with E-state index in [1.807, 2.05) is 0 Å². The molecule has 0 heterocycles. The van der Waals surface area contributed by atoms with Crippen LogP contribution in [-0.4, -0.2) is 87.4 Å². The van der Waals surface area contributed by atoms with Crippen LogP contribution in [0.25, 0.3) is 0 Å². The molecule has 4 rings (SSSR count). The highest BCUT2D eigenvalue weighted by Gasteiger charge is 2.66. The number of carbonyl (C=O) groups is 1. The van der Waals surface area contributed by atoms with Crippen LogP contribution >= 0.6 is 12.6 Å². The topological polar surface area (TPSA) is 126 Å². The van der Waals surface area contributed by atoms with E-state index in [0.29, 0.717) is 73.6 Å². The van der Waals surface area contributed by atoms with E-state index >= 15 is 0 Å². The van der Waals surface area contributed by atoms with Gasteiger partial charge in [0.05, 0.1) is 18.3 Å². The molecule has 9 heteroatoms. The van der Waals surface area contributed by atoms with Crippen LogP contribution in [0, 0.1) is 46.3 Å². The lowest BCUT2D eigenvalue weighted by Gasteiger charge is -2.65. The van der Waals surface area contributed by atoms with Gasteiger partial charge >= 0.3 is 0 Å². The number of rotatable bonds is 29. The molecule has 4 aliphatic carbocycles. The van der Waals surface area contributed by atoms with E-state index in [9.17, 15) is 4.79 Å². The Kier molecular flexibility index (Phi) is 21.9. The van der Waals surface area contributed by atoms with Gasteiger partial charge in [0.2, 0.25) is 5.91 Å². The smallest absolute Gasteiger partial charge is 0.222 e. The number of nitrogens with zero attached hydrogens (tertiary/aromatic N) is 1. The van der Waals surface area contributed by atoms with Crippen molar-refractivity contribution >= 4 is 18.5 Å². The average molecular weight is 807 g/mol. The number of hydrogen-bond donors (Lipinski definition) is 4. The number of ether oxygens (including phenoxy) is 3. The Morgan fingerprint density at radius 3 is 2.12 bits per heavy atom. The zero-order valence-corrected chi connectivity index (χ0v) is 37.8. The third kappa shape index (κ3) is 12.8. The summed E-state index contributed by atoms with van der Waals surface area (Å²) in [4.78, 5) is 15.8. The Labute approximate surface area is 350 Å². The zero-order valence-electron chi connectivity index (χ0n) is 36.9. The molecule has 1 amide bonds. The first-order valence-corrected chi connectivity index (χ1v) is 24.7. The molecule has 56 heavy (non-hydrogen) atoms. The van der Waals surface area contributed by atoms with Gasteiger partial charge in [0.1, 0.15) is 0 Å². The van der Waals surface area contributed by atoms with Gasteiger partial charge in [0.15, 0.2) is 0 Å². The van der Waals surface area contributed by atoms with Crippen molar-refractivity contribution in [2.75, 3.05) is 58.3 Å². The van der Waals surface area contributed by atoms with Gasteiger partial charge < -0.3 is 36.3 Å². The van der Waals surface area contributed by atoms with Crippen molar-refractivity contribution in [2.24, 2.45) is 63.5 Å². The van der Waals surface area contributed by atoms with Crippen molar-refractivity contribution in [1.29, 1.82) is 0 Å². The van der Waals surface area contributed by atoms with Crippen molar-refractivity contribution < 1.29 is 19.0 Å². The van der Waals surface area contributed by atoms with Gasteiger partial charge in [0, 0.05) is 44.7 Å². The minimum Gasteiger partial charge on any atom is -0.378 e. The highest BCUT2D eigenvalue weighted by Crippen LogP contribution is 2.69. The average Bonchev–Trinajstić information content (AvgIpc) is 3.55. The molecule has 0 saturated heterocycles. The minimum atomic E-state index is 0.0946. The number of nitrogens with two attached hydrogens (primary N) is 3. The Morgan fingerprint density at radius 1 is 0.750 bits per heavy atom. The third-order valence-electron chi connectivity index (χ3n) is 15.8. The molecule has 328 valence electrons. The molecule has 0 aromatic heterocycles. The van der Waals surface area contributed by atoms with Gasteiger partial charge in [-0.1, -0.05) is 66.2 Å². The highest BCUT2D eigenvalue weighted by molar-refractivity contribution is 7.80. The molecule has 4 aliphatic rings. The van der Waals surface area contributed by atoms with Crippen LogP contribution in [0.4, 0.5) is 0 Å². The molecule has 6 N–H and O–H groups in total. The summed E-state index contributed by atoms with van der Waals surface area (Å²) in [5, 5.41) is 0. The molecule has 0 aromatic rings. The molecule has 11 atom stereocenters. The maximum Gasteiger partial charge on any atom is 0.222 e. The van der Waals surface area contributed by atoms with Gasteiger partial charge in [-0.3, -0.25) is 4.79 Å². The lowest BCUT2D eigenvalue weighted by Crippen LogP contribution is -2.63. The quantitative estimate of drug-likeness (QED) is 0.0439. The first-order chi connectivity index (χ1) is 27.2. The molecule has 0 spiro atoms. The van der Waals surface area contributed by atoms with E-state index in [0.717, 1.165) is 122 Å². The summed E-state index contributed by atoms with van der Waals surface area (Å²) in [6, 6.07) is 0. The molecule has 0 aromatic carbocycles. The van der Waals surface area contributed by atoms with E-state index in [2.05, 4.69) is 45.2 Å². The Balaban J connectivity index is 1.50. The van der Waals surface area contributed by atoms with Gasteiger partial charge in [-0.2, -0.15) is 12.6 Å². The molecule has 4 saturated carbocycles. The molecule has 4 unspecified atom stereocenters. The fraction of sp³-hybridized carbons (Fsp3) is 0.979. The largest absolute Gasteiger partial charge is 0.378 e. The van der Waals surface area contributed by atoms with Crippen LogP contribution in [0.5, 0.6) is 0 Å². The van der Waals surface area contributed by atoms with Crippen LogP contribution < -0.4 is 17.2 Å². The van der Waals surface area contributed by atoms with E-state index < -0.39 is 0 Å². The summed E-state index contributed by atoms with van der Waals surface area (Å²) in [5.41, 5.74) is 18.2. The van der Waals surface area contributed by atoms with Crippen molar-refractivity contribution in [3.05, 3.63) is 0 Å². The molecule has 4 fully saturated rings. The normalized spacial score (nSPS) is 33.1. The van der Waals surface area contributed by atoms with Crippen LogP contribution in [0.15, 0.2) is 0 Å². The maximum absolute atomic E-state index is 13.5. The number of amides is 1. The minimum absolute atomic E-state index is 0.0946. The number of carbonyl (C=O) groups excluding carboxylic acids is 1. The van der Waals surface area contributed by atoms with E-state index in [-0.39, 0.29) is 23.0 Å². The second kappa shape index (κ2) is 25.4. The summed E-state index contributed by atoms with van der Waals surface area (Å²) in [6.07, 6.45) is 25.6. The Hall–Kier alpha value is -0.420. The third-order valence-corrected chi connectivity index (χ3v) is 16.1. The molecule has 8 nitrogen and oxygen atoms in total. The second-order valence-corrected chi connectivity index (χ2v) is 19.7. The Bertz CT molecular complexity index is 1090. The van der Waals surface area contributed by atoms with Crippen LogP contribution in [-0.2, 0) is 19.0 Å². The van der Waals surface area contributed by atoms with Gasteiger partial charge in [-0.25, -0.2) is 0 Å². The zero-order chi connectivity index (χ0) is 40.4. The first kappa shape index (κ1) is 48.2. The maximum atomic E-state index is 13.5. The number of fused-ring (bicyclic) bond motifs is 5. The predicted molar refractivity (Wildman–Crippen MR) is 237 cm³/mol. The number of thiol groups is 1. The van der Waals surface area contributed by atoms with Crippen molar-refractivity contribution in [2.45, 2.75) is 187 Å². The molecule has 0 aliphatic heterocycles. The fourth-order valence-electron chi connectivity index (χ4n) is 12.6. The number of unbranched alkanes of at least 4 members (excludes halogenated alkanes) is 7. The van der Waals surface area contributed by atoms with Crippen LogP contribution in [0.2, 0.25) is 0 Å². The Morgan fingerprint density at radius 2 is 1.41 bits per heavy atom. The van der Waals surface area contributed by atoms with Gasteiger partial charge in [-0.05, 0) is 163 Å². The first-order valence-electron chi connectivity index (χ1n) is 24.0. The fourth-order valence-corrected chi connectivity index (χ4v) is 12.8. The van der Waals surface area contributed by atoms with E-state index in [1.54, 1.807) is 0 Å². The predicted octanol–water partition coefficient (Wildman–Crippen LogP) is 9.16. The molecular weight excluding hydrogens is 717 g/mol. The van der Waals surface area contributed by atoms with E-state index in [4.69, 9.17) is 31.4 Å². The lowest BCUT2D eigenvalue weighted by molar-refractivity contribution is -0.227. The second-order valence-electron chi connectivity index (χ2n) is 19.3. The molecule has 0 radical (unpaired) electrons. The highest BCUT2D eigenvalue weighted by atomic mass is 32.1. The van der Waals surface area contributed by atoms with Crippen molar-refractivity contribution in [3.63, 3.8) is 0 Å². The summed E-state index contributed by atoms with van der Waals surface area (Å²) in [7, 11) is 0. The van der Waals surface area contributed by atoms with Crippen molar-refractivity contribution in [3.8, 4) is 0 Å². The number of hydrogen-bond acceptors (Lipinski definition) is 8.